The molecule has 0 spiro atoms. The highest BCUT2D eigenvalue weighted by Gasteiger charge is 2.09. The minimum absolute atomic E-state index is 0.584. The van der Waals surface area contributed by atoms with Crippen molar-refractivity contribution in [1.29, 1.82) is 0 Å². The molecule has 0 atom stereocenters. The molecule has 0 radical (unpaired) electrons. The van der Waals surface area contributed by atoms with E-state index in [1.165, 1.54) is 0 Å². The first kappa shape index (κ1) is 15.9. The van der Waals surface area contributed by atoms with Crippen molar-refractivity contribution in [3.05, 3.63) is 52.5 Å². The lowest BCUT2D eigenvalue weighted by molar-refractivity contribution is 0.302. The summed E-state index contributed by atoms with van der Waals surface area (Å²) in [6.45, 7) is 3.34. The van der Waals surface area contributed by atoms with E-state index in [-0.39, 0.29) is 0 Å². The fourth-order valence-electron chi connectivity index (χ4n) is 1.98. The van der Waals surface area contributed by atoms with E-state index in [0.29, 0.717) is 13.2 Å². The van der Waals surface area contributed by atoms with Gasteiger partial charge in [0.05, 0.1) is 6.61 Å². The Bertz CT molecular complexity index is 587. The molecular weight excluding hydrogens is 330 g/mol. The number of rotatable bonds is 7. The number of hydrogen-bond donors (Lipinski definition) is 1. The van der Waals surface area contributed by atoms with E-state index in [1.807, 2.05) is 42.5 Å². The zero-order chi connectivity index (χ0) is 15.1. The quantitative estimate of drug-likeness (QED) is 0.798. The molecule has 0 heterocycles. The first-order chi connectivity index (χ1) is 10.2. The Morgan fingerprint density at radius 2 is 1.81 bits per heavy atom. The van der Waals surface area contributed by atoms with Gasteiger partial charge in [0.15, 0.2) is 11.5 Å². The molecule has 2 aromatic rings. The Hall–Kier alpha value is -1.52. The average molecular weight is 350 g/mol. The summed E-state index contributed by atoms with van der Waals surface area (Å²) >= 11 is 3.48. The molecule has 2 rings (SSSR count). The number of hydrogen-bond acceptors (Lipinski definition) is 3. The molecular formula is C17H20BrNO2. The van der Waals surface area contributed by atoms with Gasteiger partial charge < -0.3 is 15.2 Å². The second kappa shape index (κ2) is 8.05. The largest absolute Gasteiger partial charge is 0.490 e. The van der Waals surface area contributed by atoms with Gasteiger partial charge in [-0.2, -0.15) is 0 Å². The molecule has 21 heavy (non-hydrogen) atoms. The third-order valence-corrected chi connectivity index (χ3v) is 3.46. The fraction of sp³-hybridized carbons (Fsp3) is 0.294. The van der Waals surface area contributed by atoms with Gasteiger partial charge in [0, 0.05) is 4.47 Å². The van der Waals surface area contributed by atoms with Crippen LogP contribution < -0.4 is 15.2 Å². The second-order valence-electron chi connectivity index (χ2n) is 4.69. The predicted molar refractivity (Wildman–Crippen MR) is 89.2 cm³/mol. The molecule has 0 aliphatic rings. The summed E-state index contributed by atoms with van der Waals surface area (Å²) in [5.41, 5.74) is 6.75. The van der Waals surface area contributed by atoms with Crippen molar-refractivity contribution in [1.82, 2.24) is 0 Å². The zero-order valence-corrected chi connectivity index (χ0v) is 13.7. The third kappa shape index (κ3) is 4.48. The summed E-state index contributed by atoms with van der Waals surface area (Å²) in [4.78, 5) is 0. The monoisotopic (exact) mass is 349 g/mol. The number of benzene rings is 2. The van der Waals surface area contributed by atoms with Gasteiger partial charge in [0.2, 0.25) is 0 Å². The second-order valence-corrected chi connectivity index (χ2v) is 5.60. The molecule has 0 saturated carbocycles. The molecule has 2 N–H and O–H groups in total. The van der Waals surface area contributed by atoms with Gasteiger partial charge in [-0.05, 0) is 55.3 Å². The van der Waals surface area contributed by atoms with Crippen LogP contribution in [0.3, 0.4) is 0 Å². The minimum atomic E-state index is 0.584. The molecule has 4 heteroatoms. The maximum Gasteiger partial charge on any atom is 0.169 e. The highest BCUT2D eigenvalue weighted by Crippen LogP contribution is 2.34. The van der Waals surface area contributed by atoms with E-state index in [0.717, 1.165) is 40.1 Å². The Balaban J connectivity index is 2.25. The van der Waals surface area contributed by atoms with Crippen molar-refractivity contribution in [2.75, 3.05) is 13.2 Å². The summed E-state index contributed by atoms with van der Waals surface area (Å²) in [6, 6.07) is 13.7. The Morgan fingerprint density at radius 1 is 1.05 bits per heavy atom. The van der Waals surface area contributed by atoms with Crippen molar-refractivity contribution in [2.24, 2.45) is 5.73 Å². The van der Waals surface area contributed by atoms with E-state index >= 15 is 0 Å². The molecule has 0 bridgehead atoms. The molecule has 0 aliphatic carbocycles. The molecule has 0 fully saturated rings. The summed E-state index contributed by atoms with van der Waals surface area (Å²) in [5.74, 6) is 2.31. The summed E-state index contributed by atoms with van der Waals surface area (Å²) in [6.07, 6.45) is 1.73. The Morgan fingerprint density at radius 3 is 2.52 bits per heavy atom. The highest BCUT2D eigenvalue weighted by atomic mass is 79.9. The first-order valence-corrected chi connectivity index (χ1v) is 7.92. The van der Waals surface area contributed by atoms with Gasteiger partial charge in [-0.15, -0.1) is 0 Å². The van der Waals surface area contributed by atoms with E-state index in [9.17, 15) is 0 Å². The molecule has 3 nitrogen and oxygen atoms in total. The topological polar surface area (TPSA) is 44.5 Å². The maximum absolute atomic E-state index is 6.04. The number of ether oxygens (including phenoxy) is 2. The Labute approximate surface area is 134 Å². The standard InChI is InChI=1S/C17H20BrNO2/c1-2-11-20-16-5-3-4-6-17(16)21-15-8-7-14(18)12-13(15)9-10-19/h3-8,12H,2,9-11,19H2,1H3. The van der Waals surface area contributed by atoms with Crippen LogP contribution in [0.5, 0.6) is 17.2 Å². The minimum Gasteiger partial charge on any atom is -0.490 e. The van der Waals surface area contributed by atoms with Gasteiger partial charge in [0.25, 0.3) is 0 Å². The Kier molecular flexibility index (Phi) is 6.08. The van der Waals surface area contributed by atoms with Crippen molar-refractivity contribution in [3.63, 3.8) is 0 Å². The van der Waals surface area contributed by atoms with Gasteiger partial charge in [0.1, 0.15) is 5.75 Å². The molecule has 0 aliphatic heterocycles. The van der Waals surface area contributed by atoms with Crippen LogP contribution in [0.2, 0.25) is 0 Å². The smallest absolute Gasteiger partial charge is 0.169 e. The van der Waals surface area contributed by atoms with Gasteiger partial charge in [-0.3, -0.25) is 0 Å². The summed E-state index contributed by atoms with van der Waals surface area (Å²) in [7, 11) is 0. The molecule has 0 unspecified atom stereocenters. The lowest BCUT2D eigenvalue weighted by atomic mass is 10.1. The number of para-hydroxylation sites is 2. The number of nitrogens with two attached hydrogens (primary N) is 1. The van der Waals surface area contributed by atoms with Crippen LogP contribution in [-0.2, 0) is 6.42 Å². The van der Waals surface area contributed by atoms with Crippen LogP contribution in [0.1, 0.15) is 18.9 Å². The van der Waals surface area contributed by atoms with Gasteiger partial charge >= 0.3 is 0 Å². The number of halogens is 1. The van der Waals surface area contributed by atoms with Crippen LogP contribution in [0, 0.1) is 0 Å². The average Bonchev–Trinajstić information content (AvgIpc) is 2.49. The van der Waals surface area contributed by atoms with E-state index in [2.05, 4.69) is 22.9 Å². The fourth-order valence-corrected chi connectivity index (χ4v) is 2.39. The maximum atomic E-state index is 6.04. The first-order valence-electron chi connectivity index (χ1n) is 7.12. The third-order valence-electron chi connectivity index (χ3n) is 2.97. The molecule has 0 amide bonds. The zero-order valence-electron chi connectivity index (χ0n) is 12.1. The summed E-state index contributed by atoms with van der Waals surface area (Å²) in [5, 5.41) is 0. The predicted octanol–water partition coefficient (Wildman–Crippen LogP) is 4.53. The van der Waals surface area contributed by atoms with Crippen LogP contribution in [0.25, 0.3) is 0 Å². The lowest BCUT2D eigenvalue weighted by Crippen LogP contribution is -2.04. The molecule has 2 aromatic carbocycles. The van der Waals surface area contributed by atoms with Crippen LogP contribution in [0.4, 0.5) is 0 Å². The van der Waals surface area contributed by atoms with Crippen molar-refractivity contribution in [2.45, 2.75) is 19.8 Å². The van der Waals surface area contributed by atoms with Gasteiger partial charge in [-0.1, -0.05) is 35.0 Å². The summed E-state index contributed by atoms with van der Waals surface area (Å²) < 4.78 is 12.8. The van der Waals surface area contributed by atoms with Crippen LogP contribution >= 0.6 is 15.9 Å². The van der Waals surface area contributed by atoms with E-state index in [1.54, 1.807) is 0 Å². The molecule has 0 aromatic heterocycles. The van der Waals surface area contributed by atoms with E-state index < -0.39 is 0 Å². The van der Waals surface area contributed by atoms with Crippen LogP contribution in [0.15, 0.2) is 46.9 Å². The normalized spacial score (nSPS) is 10.4. The SMILES string of the molecule is CCCOc1ccccc1Oc1ccc(Br)cc1CCN. The van der Waals surface area contributed by atoms with Crippen molar-refractivity contribution >= 4 is 15.9 Å². The van der Waals surface area contributed by atoms with Crippen LogP contribution in [-0.4, -0.2) is 13.2 Å². The van der Waals surface area contributed by atoms with Crippen molar-refractivity contribution < 1.29 is 9.47 Å². The molecule has 112 valence electrons. The van der Waals surface area contributed by atoms with Gasteiger partial charge in [-0.25, -0.2) is 0 Å². The lowest BCUT2D eigenvalue weighted by Gasteiger charge is -2.14. The van der Waals surface area contributed by atoms with Crippen molar-refractivity contribution in [3.8, 4) is 17.2 Å². The molecule has 0 saturated heterocycles. The van der Waals surface area contributed by atoms with E-state index in [4.69, 9.17) is 15.2 Å². The highest BCUT2D eigenvalue weighted by molar-refractivity contribution is 9.10.